The fourth-order valence-electron chi connectivity index (χ4n) is 2.31. The molecule has 0 fully saturated rings. The molecule has 0 aliphatic carbocycles. The van der Waals surface area contributed by atoms with E-state index in [1.165, 1.54) is 12.1 Å². The second-order valence-electron chi connectivity index (χ2n) is 5.65. The highest BCUT2D eigenvalue weighted by Crippen LogP contribution is 2.14. The fraction of sp³-hybridized carbons (Fsp3) is 0.222. The normalized spacial score (nSPS) is 11.0. The Labute approximate surface area is 147 Å². The molecule has 0 aliphatic rings. The highest BCUT2D eigenvalue weighted by molar-refractivity contribution is 7.90. The first kappa shape index (κ1) is 18.7. The Hall–Kier alpha value is -2.67. The van der Waals surface area contributed by atoms with Crippen molar-refractivity contribution in [1.29, 1.82) is 0 Å². The number of hydrogen-bond donors (Lipinski definition) is 2. The Bertz CT molecular complexity index is 891. The maximum absolute atomic E-state index is 12.2. The van der Waals surface area contributed by atoms with Crippen molar-refractivity contribution in [1.82, 2.24) is 10.6 Å². The lowest BCUT2D eigenvalue weighted by Crippen LogP contribution is -2.35. The summed E-state index contributed by atoms with van der Waals surface area (Å²) in [5.41, 5.74) is 1.63. The minimum atomic E-state index is -3.49. The van der Waals surface area contributed by atoms with Gasteiger partial charge in [0.25, 0.3) is 11.8 Å². The Morgan fingerprint density at radius 3 is 2.20 bits per heavy atom. The van der Waals surface area contributed by atoms with Gasteiger partial charge >= 0.3 is 0 Å². The average Bonchev–Trinajstić information content (AvgIpc) is 2.57. The summed E-state index contributed by atoms with van der Waals surface area (Å²) in [7, 11) is -3.49. The van der Waals surface area contributed by atoms with Gasteiger partial charge in [-0.15, -0.1) is 0 Å². The molecule has 0 spiro atoms. The standard InChI is InChI=1S/C18H20N2O4S/c1-13-6-5-7-14(12-13)17(21)19-10-11-20-18(22)15-8-3-4-9-16(15)25(2,23)24/h3-9,12H,10-11H2,1-2H3,(H,19,21)(H,20,22). The molecular formula is C18H20N2O4S. The minimum absolute atomic E-state index is 0.0173. The van der Waals surface area contributed by atoms with Crippen LogP contribution in [0.2, 0.25) is 0 Å². The van der Waals surface area contributed by atoms with Crippen LogP contribution in [0, 0.1) is 6.92 Å². The van der Waals surface area contributed by atoms with Crippen LogP contribution in [-0.4, -0.2) is 39.6 Å². The number of nitrogens with one attached hydrogen (secondary N) is 2. The number of aryl methyl sites for hydroxylation is 1. The first-order valence-electron chi connectivity index (χ1n) is 7.71. The van der Waals surface area contributed by atoms with Crippen molar-refractivity contribution in [3.63, 3.8) is 0 Å². The van der Waals surface area contributed by atoms with Gasteiger partial charge in [-0.25, -0.2) is 8.42 Å². The van der Waals surface area contributed by atoms with E-state index in [0.29, 0.717) is 5.56 Å². The first-order valence-corrected chi connectivity index (χ1v) is 9.60. The molecule has 25 heavy (non-hydrogen) atoms. The molecule has 6 nitrogen and oxygen atoms in total. The van der Waals surface area contributed by atoms with E-state index in [1.54, 1.807) is 30.3 Å². The maximum atomic E-state index is 12.2. The molecule has 2 N–H and O–H groups in total. The number of rotatable bonds is 6. The average molecular weight is 360 g/mol. The lowest BCUT2D eigenvalue weighted by atomic mass is 10.1. The predicted molar refractivity (Wildman–Crippen MR) is 95.4 cm³/mol. The van der Waals surface area contributed by atoms with Crippen LogP contribution in [0.5, 0.6) is 0 Å². The van der Waals surface area contributed by atoms with E-state index in [0.717, 1.165) is 11.8 Å². The van der Waals surface area contributed by atoms with Gasteiger partial charge in [0, 0.05) is 24.9 Å². The van der Waals surface area contributed by atoms with Crippen molar-refractivity contribution in [3.8, 4) is 0 Å². The molecule has 2 aromatic carbocycles. The summed E-state index contributed by atoms with van der Waals surface area (Å²) in [6, 6.07) is 13.2. The van der Waals surface area contributed by atoms with Crippen molar-refractivity contribution in [2.75, 3.05) is 19.3 Å². The Morgan fingerprint density at radius 2 is 1.56 bits per heavy atom. The van der Waals surface area contributed by atoms with Gasteiger partial charge in [-0.05, 0) is 31.2 Å². The van der Waals surface area contributed by atoms with Gasteiger partial charge in [-0.3, -0.25) is 9.59 Å². The van der Waals surface area contributed by atoms with Crippen molar-refractivity contribution >= 4 is 21.7 Å². The van der Waals surface area contributed by atoms with E-state index in [1.807, 2.05) is 13.0 Å². The molecule has 2 amide bonds. The zero-order valence-corrected chi connectivity index (χ0v) is 14.9. The van der Waals surface area contributed by atoms with Crippen LogP contribution in [0.3, 0.4) is 0 Å². The molecule has 0 heterocycles. The zero-order chi connectivity index (χ0) is 18.4. The summed E-state index contributed by atoms with van der Waals surface area (Å²) in [6.45, 7) is 2.32. The molecule has 0 aliphatic heterocycles. The molecule has 0 radical (unpaired) electrons. The number of benzene rings is 2. The lowest BCUT2D eigenvalue weighted by Gasteiger charge is -2.10. The Kier molecular flexibility index (Phi) is 5.93. The fourth-order valence-corrected chi connectivity index (χ4v) is 3.20. The van der Waals surface area contributed by atoms with Crippen molar-refractivity contribution in [2.45, 2.75) is 11.8 Å². The summed E-state index contributed by atoms with van der Waals surface area (Å²) in [5.74, 6) is -0.722. The maximum Gasteiger partial charge on any atom is 0.252 e. The monoisotopic (exact) mass is 360 g/mol. The molecule has 7 heteroatoms. The van der Waals surface area contributed by atoms with Crippen LogP contribution < -0.4 is 10.6 Å². The molecule has 2 rings (SSSR count). The minimum Gasteiger partial charge on any atom is -0.350 e. The lowest BCUT2D eigenvalue weighted by molar-refractivity contribution is 0.0926. The van der Waals surface area contributed by atoms with E-state index in [2.05, 4.69) is 10.6 Å². The third-order valence-electron chi connectivity index (χ3n) is 3.51. The van der Waals surface area contributed by atoms with E-state index >= 15 is 0 Å². The van der Waals surface area contributed by atoms with Crippen LogP contribution in [0.4, 0.5) is 0 Å². The van der Waals surface area contributed by atoms with Gasteiger partial charge in [-0.2, -0.15) is 0 Å². The van der Waals surface area contributed by atoms with Gasteiger partial charge < -0.3 is 10.6 Å². The van der Waals surface area contributed by atoms with Gasteiger partial charge in [0.2, 0.25) is 0 Å². The highest BCUT2D eigenvalue weighted by atomic mass is 32.2. The molecule has 0 unspecified atom stereocenters. The summed E-state index contributed by atoms with van der Waals surface area (Å²) >= 11 is 0. The largest absolute Gasteiger partial charge is 0.350 e. The SMILES string of the molecule is Cc1cccc(C(=O)NCCNC(=O)c2ccccc2S(C)(=O)=O)c1. The first-order chi connectivity index (χ1) is 11.8. The quantitative estimate of drug-likeness (QED) is 0.765. The smallest absolute Gasteiger partial charge is 0.252 e. The second-order valence-corrected chi connectivity index (χ2v) is 7.63. The number of sulfone groups is 1. The van der Waals surface area contributed by atoms with E-state index < -0.39 is 15.7 Å². The van der Waals surface area contributed by atoms with Crippen molar-refractivity contribution in [3.05, 3.63) is 65.2 Å². The third kappa shape index (κ3) is 5.15. The molecule has 132 valence electrons. The second kappa shape index (κ2) is 7.94. The van der Waals surface area contributed by atoms with Crippen LogP contribution in [0.25, 0.3) is 0 Å². The van der Waals surface area contributed by atoms with Gasteiger partial charge in [0.1, 0.15) is 0 Å². The van der Waals surface area contributed by atoms with Crippen LogP contribution in [0.1, 0.15) is 26.3 Å². The molecule has 0 bridgehead atoms. The Balaban J connectivity index is 1.91. The molecular weight excluding hydrogens is 340 g/mol. The van der Waals surface area contributed by atoms with Crippen LogP contribution >= 0.6 is 0 Å². The summed E-state index contributed by atoms with van der Waals surface area (Å²) in [5, 5.41) is 5.32. The molecule has 0 atom stereocenters. The van der Waals surface area contributed by atoms with Crippen molar-refractivity contribution in [2.24, 2.45) is 0 Å². The number of hydrogen-bond acceptors (Lipinski definition) is 4. The number of carbonyl (C=O) groups excluding carboxylic acids is 2. The number of carbonyl (C=O) groups is 2. The third-order valence-corrected chi connectivity index (χ3v) is 4.66. The van der Waals surface area contributed by atoms with Crippen LogP contribution in [0.15, 0.2) is 53.4 Å². The molecule has 0 aromatic heterocycles. The summed E-state index contributed by atoms with van der Waals surface area (Å²) < 4.78 is 23.4. The van der Waals surface area contributed by atoms with Gasteiger partial charge in [0.05, 0.1) is 10.5 Å². The van der Waals surface area contributed by atoms with Gasteiger partial charge in [0.15, 0.2) is 9.84 Å². The summed E-state index contributed by atoms with van der Waals surface area (Å²) in [4.78, 5) is 24.2. The van der Waals surface area contributed by atoms with E-state index in [9.17, 15) is 18.0 Å². The molecule has 0 saturated carbocycles. The zero-order valence-electron chi connectivity index (χ0n) is 14.1. The van der Waals surface area contributed by atoms with E-state index in [-0.39, 0.29) is 29.5 Å². The Morgan fingerprint density at radius 1 is 0.920 bits per heavy atom. The molecule has 0 saturated heterocycles. The van der Waals surface area contributed by atoms with Gasteiger partial charge in [-0.1, -0.05) is 29.8 Å². The number of amides is 2. The van der Waals surface area contributed by atoms with Crippen molar-refractivity contribution < 1.29 is 18.0 Å². The topological polar surface area (TPSA) is 92.3 Å². The van der Waals surface area contributed by atoms with E-state index in [4.69, 9.17) is 0 Å². The predicted octanol–water partition coefficient (Wildman–Crippen LogP) is 1.56. The summed E-state index contributed by atoms with van der Waals surface area (Å²) in [6.07, 6.45) is 1.06. The molecule has 2 aromatic rings. The van der Waals surface area contributed by atoms with Crippen LogP contribution in [-0.2, 0) is 9.84 Å². The highest BCUT2D eigenvalue weighted by Gasteiger charge is 2.17.